The maximum Gasteiger partial charge on any atom is 0.0616 e. The normalized spacial score (nSPS) is 14.5. The van der Waals surface area contributed by atoms with Crippen LogP contribution < -0.4 is 0 Å². The minimum Gasteiger partial charge on any atom is -0.392 e. The van der Waals surface area contributed by atoms with Gasteiger partial charge < -0.3 is 5.11 Å². The first-order chi connectivity index (χ1) is 12.4. The Hall–Kier alpha value is -0.0400. The van der Waals surface area contributed by atoms with Gasteiger partial charge in [-0.1, -0.05) is 131 Å². The lowest BCUT2D eigenvalue weighted by Crippen LogP contribution is -2.34. The van der Waals surface area contributed by atoms with E-state index in [1.165, 1.54) is 109 Å². The topological polar surface area (TPSA) is 20.2 Å². The van der Waals surface area contributed by atoms with E-state index in [0.29, 0.717) is 5.92 Å². The molecule has 0 amide bonds. The predicted octanol–water partition coefficient (Wildman–Crippen LogP) is 8.68. The summed E-state index contributed by atoms with van der Waals surface area (Å²) >= 11 is 0. The fourth-order valence-corrected chi connectivity index (χ4v) is 4.07. The maximum absolute atomic E-state index is 10.8. The highest BCUT2D eigenvalue weighted by atomic mass is 16.3. The number of aliphatic hydroxyl groups is 1. The van der Waals surface area contributed by atoms with Gasteiger partial charge in [-0.15, -0.1) is 0 Å². The minimum absolute atomic E-state index is 0.0200. The van der Waals surface area contributed by atoms with Gasteiger partial charge in [-0.3, -0.25) is 0 Å². The van der Waals surface area contributed by atoms with Crippen molar-refractivity contribution in [3.05, 3.63) is 0 Å². The molecule has 0 aromatic carbocycles. The minimum atomic E-state index is -0.146. The van der Waals surface area contributed by atoms with E-state index in [9.17, 15) is 5.11 Å². The zero-order valence-corrected chi connectivity index (χ0v) is 19.1. The molecule has 0 aliphatic rings. The number of unbranched alkanes of at least 4 members (excludes halogenated alkanes) is 13. The Labute approximate surface area is 166 Å². The molecule has 0 radical (unpaired) electrons. The second-order valence-electron chi connectivity index (χ2n) is 9.74. The molecule has 0 aliphatic heterocycles. The Kier molecular flexibility index (Phi) is 17.1. The molecule has 0 aromatic heterocycles. The van der Waals surface area contributed by atoms with Crippen molar-refractivity contribution in [3.63, 3.8) is 0 Å². The summed E-state index contributed by atoms with van der Waals surface area (Å²) in [6.07, 6.45) is 22.9. The molecule has 1 nitrogen and oxygen atoms in total. The van der Waals surface area contributed by atoms with Crippen molar-refractivity contribution < 1.29 is 5.11 Å². The van der Waals surface area contributed by atoms with Crippen LogP contribution in [0.25, 0.3) is 0 Å². The van der Waals surface area contributed by atoms with Gasteiger partial charge in [-0.25, -0.2) is 0 Å². The van der Waals surface area contributed by atoms with Gasteiger partial charge in [-0.2, -0.15) is 0 Å². The van der Waals surface area contributed by atoms with E-state index in [1.807, 2.05) is 0 Å². The van der Waals surface area contributed by atoms with E-state index in [2.05, 4.69) is 34.6 Å². The summed E-state index contributed by atoms with van der Waals surface area (Å²) in [6.45, 7) is 11.2. The first-order valence-electron chi connectivity index (χ1n) is 12.1. The van der Waals surface area contributed by atoms with Gasteiger partial charge >= 0.3 is 0 Å². The predicted molar refractivity (Wildman–Crippen MR) is 119 cm³/mol. The van der Waals surface area contributed by atoms with Gasteiger partial charge in [0, 0.05) is 0 Å². The molecule has 0 bridgehead atoms. The Bertz CT molecular complexity index is 278. The van der Waals surface area contributed by atoms with E-state index in [0.717, 1.165) is 0 Å². The summed E-state index contributed by atoms with van der Waals surface area (Å²) < 4.78 is 0. The molecule has 0 spiro atoms. The Morgan fingerprint density at radius 1 is 0.538 bits per heavy atom. The quantitative estimate of drug-likeness (QED) is 0.240. The molecular formula is C25H52O. The van der Waals surface area contributed by atoms with Gasteiger partial charge in [0.25, 0.3) is 0 Å². The lowest BCUT2D eigenvalue weighted by Gasteiger charge is -2.33. The summed E-state index contributed by atoms with van der Waals surface area (Å²) in [5.74, 6) is 0.505. The van der Waals surface area contributed by atoms with Gasteiger partial charge in [0.2, 0.25) is 0 Å². The highest BCUT2D eigenvalue weighted by molar-refractivity contribution is 4.80. The van der Waals surface area contributed by atoms with Crippen molar-refractivity contribution in [1.82, 2.24) is 0 Å². The Balaban J connectivity index is 3.94. The number of hydrogen-bond donors (Lipinski definition) is 1. The summed E-state index contributed by atoms with van der Waals surface area (Å²) in [5.41, 5.74) is 0.0200. The van der Waals surface area contributed by atoms with Crippen molar-refractivity contribution in [2.45, 2.75) is 150 Å². The van der Waals surface area contributed by atoms with E-state index >= 15 is 0 Å². The average molecular weight is 369 g/mol. The Morgan fingerprint density at radius 2 is 0.846 bits per heavy atom. The van der Waals surface area contributed by atoms with Gasteiger partial charge in [0.15, 0.2) is 0 Å². The molecule has 1 N–H and O–H groups in total. The van der Waals surface area contributed by atoms with E-state index < -0.39 is 0 Å². The number of hydrogen-bond acceptors (Lipinski definition) is 1. The summed E-state index contributed by atoms with van der Waals surface area (Å²) in [7, 11) is 0. The fourth-order valence-electron chi connectivity index (χ4n) is 4.07. The summed E-state index contributed by atoms with van der Waals surface area (Å²) in [4.78, 5) is 0. The maximum atomic E-state index is 10.8. The molecule has 2 unspecified atom stereocenters. The zero-order chi connectivity index (χ0) is 19.7. The Morgan fingerprint density at radius 3 is 1.15 bits per heavy atom. The molecule has 0 saturated heterocycles. The van der Waals surface area contributed by atoms with Crippen molar-refractivity contribution in [2.24, 2.45) is 11.3 Å². The van der Waals surface area contributed by atoms with Crippen LogP contribution >= 0.6 is 0 Å². The van der Waals surface area contributed by atoms with Crippen molar-refractivity contribution in [1.29, 1.82) is 0 Å². The van der Waals surface area contributed by atoms with Gasteiger partial charge in [-0.05, 0) is 24.2 Å². The van der Waals surface area contributed by atoms with Crippen molar-refractivity contribution >= 4 is 0 Å². The molecule has 0 fully saturated rings. The van der Waals surface area contributed by atoms with Crippen LogP contribution in [0.2, 0.25) is 0 Å². The second-order valence-corrected chi connectivity index (χ2v) is 9.74. The fraction of sp³-hybridized carbons (Fsp3) is 1.00. The van der Waals surface area contributed by atoms with Crippen LogP contribution in [0.3, 0.4) is 0 Å². The van der Waals surface area contributed by atoms with Crippen LogP contribution in [-0.4, -0.2) is 11.2 Å². The molecule has 158 valence electrons. The molecule has 0 heterocycles. The molecule has 0 aliphatic carbocycles. The zero-order valence-electron chi connectivity index (χ0n) is 19.1. The SMILES string of the molecule is CCCCCCCCCCCC(CCCCCCCC)C(O)C(C)(C)C. The van der Waals surface area contributed by atoms with Crippen LogP contribution in [0.15, 0.2) is 0 Å². The van der Waals surface area contributed by atoms with Crippen LogP contribution in [0.1, 0.15) is 144 Å². The van der Waals surface area contributed by atoms with Gasteiger partial charge in [0.05, 0.1) is 6.10 Å². The first-order valence-corrected chi connectivity index (χ1v) is 12.1. The lowest BCUT2D eigenvalue weighted by atomic mass is 9.77. The highest BCUT2D eigenvalue weighted by Gasteiger charge is 2.29. The van der Waals surface area contributed by atoms with Crippen molar-refractivity contribution in [3.8, 4) is 0 Å². The average Bonchev–Trinajstić information content (AvgIpc) is 2.60. The van der Waals surface area contributed by atoms with Crippen LogP contribution in [0.4, 0.5) is 0 Å². The first kappa shape index (κ1) is 26.0. The molecule has 0 saturated carbocycles. The highest BCUT2D eigenvalue weighted by Crippen LogP contribution is 2.32. The molecule has 26 heavy (non-hydrogen) atoms. The smallest absolute Gasteiger partial charge is 0.0616 e. The molecular weight excluding hydrogens is 316 g/mol. The van der Waals surface area contributed by atoms with Crippen LogP contribution in [0, 0.1) is 11.3 Å². The van der Waals surface area contributed by atoms with E-state index in [4.69, 9.17) is 0 Å². The molecule has 0 rings (SSSR count). The third-order valence-corrected chi connectivity index (χ3v) is 5.94. The third kappa shape index (κ3) is 15.1. The molecule has 0 aromatic rings. The van der Waals surface area contributed by atoms with Gasteiger partial charge in [0.1, 0.15) is 0 Å². The largest absolute Gasteiger partial charge is 0.392 e. The standard InChI is InChI=1S/C25H52O/c1-6-8-10-12-14-15-16-18-20-22-23(24(26)25(3,4)5)21-19-17-13-11-9-7-2/h23-24,26H,6-22H2,1-5H3. The van der Waals surface area contributed by atoms with Crippen molar-refractivity contribution in [2.75, 3.05) is 0 Å². The second kappa shape index (κ2) is 17.1. The number of rotatable bonds is 18. The monoisotopic (exact) mass is 368 g/mol. The summed E-state index contributed by atoms with van der Waals surface area (Å²) in [5, 5.41) is 10.8. The lowest BCUT2D eigenvalue weighted by molar-refractivity contribution is 0.00336. The van der Waals surface area contributed by atoms with Crippen LogP contribution in [0.5, 0.6) is 0 Å². The van der Waals surface area contributed by atoms with E-state index in [-0.39, 0.29) is 11.5 Å². The summed E-state index contributed by atoms with van der Waals surface area (Å²) in [6, 6.07) is 0. The molecule has 1 heteroatoms. The van der Waals surface area contributed by atoms with E-state index in [1.54, 1.807) is 0 Å². The number of aliphatic hydroxyl groups excluding tert-OH is 1. The molecule has 2 atom stereocenters. The third-order valence-electron chi connectivity index (χ3n) is 5.94. The van der Waals surface area contributed by atoms with Crippen LogP contribution in [-0.2, 0) is 0 Å².